The molecule has 1 aliphatic carbocycles. The van der Waals surface area contributed by atoms with Crippen LogP contribution >= 0.6 is 11.8 Å². The monoisotopic (exact) mass is 344 g/mol. The Labute approximate surface area is 149 Å². The molecule has 3 atom stereocenters. The molecule has 0 saturated carbocycles. The predicted molar refractivity (Wildman–Crippen MR) is 103 cm³/mol. The third-order valence-electron chi connectivity index (χ3n) is 5.97. The molecule has 1 aromatic carbocycles. The van der Waals surface area contributed by atoms with Crippen molar-refractivity contribution in [2.45, 2.75) is 38.3 Å². The van der Waals surface area contributed by atoms with Crippen LogP contribution in [-0.4, -0.2) is 48.1 Å². The molecule has 0 amide bonds. The van der Waals surface area contributed by atoms with Crippen LogP contribution in [0.3, 0.4) is 0 Å². The molecule has 4 heteroatoms. The molecule has 1 fully saturated rings. The molecule has 1 N–H and O–H groups in total. The summed E-state index contributed by atoms with van der Waals surface area (Å²) < 4.78 is 5.45. The van der Waals surface area contributed by atoms with Crippen LogP contribution in [-0.2, 0) is 17.8 Å². The lowest BCUT2D eigenvalue weighted by Gasteiger charge is -2.47. The molecule has 2 heterocycles. The normalized spacial score (nSPS) is 26.7. The molecule has 1 aromatic heterocycles. The van der Waals surface area contributed by atoms with E-state index < -0.39 is 0 Å². The molecule has 130 valence electrons. The van der Waals surface area contributed by atoms with Crippen molar-refractivity contribution in [3.63, 3.8) is 0 Å². The summed E-state index contributed by atoms with van der Waals surface area (Å²) in [6.07, 6.45) is 4.75. The van der Waals surface area contributed by atoms with Gasteiger partial charge >= 0.3 is 0 Å². The summed E-state index contributed by atoms with van der Waals surface area (Å²) in [5, 5.41) is 1.49. The van der Waals surface area contributed by atoms with Gasteiger partial charge in [0.1, 0.15) is 0 Å². The Balaban J connectivity index is 1.80. The van der Waals surface area contributed by atoms with E-state index in [1.807, 2.05) is 11.8 Å². The maximum absolute atomic E-state index is 5.45. The number of ether oxygens (including phenoxy) is 1. The Hall–Kier alpha value is -0.970. The summed E-state index contributed by atoms with van der Waals surface area (Å²) in [6.45, 7) is 5.42. The molecule has 1 aliphatic heterocycles. The third kappa shape index (κ3) is 2.59. The lowest BCUT2D eigenvalue weighted by Crippen LogP contribution is -2.50. The number of aromatic amines is 1. The minimum atomic E-state index is 0.651. The van der Waals surface area contributed by atoms with Crippen molar-refractivity contribution < 1.29 is 4.74 Å². The number of likely N-dealkylation sites (N-methyl/N-ethyl adjacent to an activating group) is 1. The van der Waals surface area contributed by atoms with Crippen LogP contribution in [0.25, 0.3) is 10.9 Å². The first-order valence-electron chi connectivity index (χ1n) is 9.11. The number of hydrogen-bond acceptors (Lipinski definition) is 3. The molecule has 0 bridgehead atoms. The summed E-state index contributed by atoms with van der Waals surface area (Å²) in [5.41, 5.74) is 5.65. The van der Waals surface area contributed by atoms with Crippen molar-refractivity contribution >= 4 is 22.7 Å². The van der Waals surface area contributed by atoms with E-state index in [2.05, 4.69) is 41.3 Å². The van der Waals surface area contributed by atoms with Crippen molar-refractivity contribution in [1.29, 1.82) is 0 Å². The predicted octanol–water partition coefficient (Wildman–Crippen LogP) is 4.03. The Morgan fingerprint density at radius 1 is 1.38 bits per heavy atom. The number of methoxy groups -OCH3 is 1. The van der Waals surface area contributed by atoms with E-state index in [0.717, 1.165) is 12.5 Å². The van der Waals surface area contributed by atoms with Crippen LogP contribution in [0.5, 0.6) is 0 Å². The van der Waals surface area contributed by atoms with Crippen LogP contribution in [0.2, 0.25) is 0 Å². The van der Waals surface area contributed by atoms with Crippen LogP contribution in [0.15, 0.2) is 18.2 Å². The fourth-order valence-corrected chi connectivity index (χ4v) is 5.76. The molecule has 24 heavy (non-hydrogen) atoms. The molecular formula is C20H28N2OS. The number of nitrogens with one attached hydrogen (secondary N) is 1. The second-order valence-electron chi connectivity index (χ2n) is 7.31. The minimum absolute atomic E-state index is 0.651. The Bertz CT molecular complexity index is 726. The molecule has 1 saturated heterocycles. The number of likely N-dealkylation sites (tertiary alicyclic amines) is 1. The number of rotatable bonds is 5. The molecule has 0 spiro atoms. The SMILES string of the molecule is CCN1CC(CSC)C[C@@H]2c3cccc4[nH]c(COC)c(c34)C[C@H]21. The van der Waals surface area contributed by atoms with E-state index in [9.17, 15) is 0 Å². The molecule has 2 aromatic rings. The van der Waals surface area contributed by atoms with Crippen molar-refractivity contribution in [3.8, 4) is 0 Å². The largest absolute Gasteiger partial charge is 0.378 e. The van der Waals surface area contributed by atoms with Crippen LogP contribution in [0, 0.1) is 5.92 Å². The van der Waals surface area contributed by atoms with Gasteiger partial charge in [0.25, 0.3) is 0 Å². The highest BCUT2D eigenvalue weighted by atomic mass is 32.2. The van der Waals surface area contributed by atoms with Gasteiger partial charge in [0.05, 0.1) is 6.61 Å². The smallest absolute Gasteiger partial charge is 0.0865 e. The van der Waals surface area contributed by atoms with E-state index in [1.165, 1.54) is 47.3 Å². The van der Waals surface area contributed by atoms with Gasteiger partial charge in [0.2, 0.25) is 0 Å². The third-order valence-corrected chi connectivity index (χ3v) is 6.78. The summed E-state index contributed by atoms with van der Waals surface area (Å²) in [7, 11) is 1.79. The first kappa shape index (κ1) is 16.5. The average molecular weight is 345 g/mol. The molecule has 3 nitrogen and oxygen atoms in total. The quantitative estimate of drug-likeness (QED) is 0.888. The number of nitrogens with zero attached hydrogens (tertiary/aromatic N) is 1. The topological polar surface area (TPSA) is 28.3 Å². The maximum atomic E-state index is 5.45. The molecule has 1 unspecified atom stereocenters. The highest BCUT2D eigenvalue weighted by Gasteiger charge is 2.40. The first-order valence-corrected chi connectivity index (χ1v) is 10.5. The van der Waals surface area contributed by atoms with Crippen LogP contribution in [0.4, 0.5) is 0 Å². The van der Waals surface area contributed by atoms with Gasteiger partial charge in [-0.1, -0.05) is 19.1 Å². The number of thioether (sulfide) groups is 1. The molecular weight excluding hydrogens is 316 g/mol. The zero-order valence-electron chi connectivity index (χ0n) is 15.0. The average Bonchev–Trinajstić information content (AvgIpc) is 2.94. The van der Waals surface area contributed by atoms with Crippen molar-refractivity contribution in [2.75, 3.05) is 32.2 Å². The summed E-state index contributed by atoms with van der Waals surface area (Å²) >= 11 is 2.00. The fourth-order valence-electron chi connectivity index (χ4n) is 5.05. The number of aromatic nitrogens is 1. The van der Waals surface area contributed by atoms with Gasteiger partial charge in [-0.25, -0.2) is 0 Å². The van der Waals surface area contributed by atoms with Crippen molar-refractivity contribution in [2.24, 2.45) is 5.92 Å². The first-order chi connectivity index (χ1) is 11.8. The zero-order chi connectivity index (χ0) is 16.7. The van der Waals surface area contributed by atoms with Crippen LogP contribution in [0.1, 0.15) is 36.1 Å². The number of hydrogen-bond donors (Lipinski definition) is 1. The highest BCUT2D eigenvalue weighted by molar-refractivity contribution is 7.98. The number of H-pyrrole nitrogens is 1. The standard InChI is InChI=1S/C20H28N2OS/c1-4-22-10-13(12-24-3)8-15-14-6-5-7-17-20(14)16(9-19(15)22)18(21-17)11-23-2/h5-7,13,15,19,21H,4,8-12H2,1-3H3/t13?,15-,19-/m1/s1. The Kier molecular flexibility index (Phi) is 4.63. The van der Waals surface area contributed by atoms with Crippen molar-refractivity contribution in [1.82, 2.24) is 9.88 Å². The Morgan fingerprint density at radius 2 is 2.25 bits per heavy atom. The zero-order valence-corrected chi connectivity index (χ0v) is 15.8. The fraction of sp³-hybridized carbons (Fsp3) is 0.600. The van der Waals surface area contributed by atoms with E-state index in [4.69, 9.17) is 4.74 Å². The van der Waals surface area contributed by atoms with Gasteiger partial charge in [0.15, 0.2) is 0 Å². The Morgan fingerprint density at radius 3 is 3.00 bits per heavy atom. The molecule has 4 rings (SSSR count). The van der Waals surface area contributed by atoms with Crippen molar-refractivity contribution in [3.05, 3.63) is 35.0 Å². The molecule has 0 radical (unpaired) electrons. The maximum Gasteiger partial charge on any atom is 0.0865 e. The number of fused-ring (bicyclic) bond motifs is 2. The van der Waals surface area contributed by atoms with Gasteiger partial charge in [-0.3, -0.25) is 4.90 Å². The number of benzene rings is 1. The van der Waals surface area contributed by atoms with E-state index in [1.54, 1.807) is 12.7 Å². The second-order valence-corrected chi connectivity index (χ2v) is 8.22. The van der Waals surface area contributed by atoms with Gasteiger partial charge in [-0.15, -0.1) is 0 Å². The minimum Gasteiger partial charge on any atom is -0.378 e. The summed E-state index contributed by atoms with van der Waals surface area (Å²) in [6, 6.07) is 7.48. The van der Waals surface area contributed by atoms with E-state index in [0.29, 0.717) is 18.6 Å². The highest BCUT2D eigenvalue weighted by Crippen LogP contribution is 2.46. The number of piperidine rings is 1. The van der Waals surface area contributed by atoms with Gasteiger partial charge < -0.3 is 9.72 Å². The van der Waals surface area contributed by atoms with Crippen LogP contribution < -0.4 is 0 Å². The van der Waals surface area contributed by atoms with Gasteiger partial charge in [-0.05, 0) is 54.5 Å². The van der Waals surface area contributed by atoms with Gasteiger partial charge in [-0.2, -0.15) is 11.8 Å². The molecule has 2 aliphatic rings. The lowest BCUT2D eigenvalue weighted by atomic mass is 9.72. The lowest BCUT2D eigenvalue weighted by molar-refractivity contribution is 0.0977. The van der Waals surface area contributed by atoms with E-state index in [-0.39, 0.29) is 0 Å². The summed E-state index contributed by atoms with van der Waals surface area (Å²) in [5.74, 6) is 2.78. The van der Waals surface area contributed by atoms with E-state index >= 15 is 0 Å². The van der Waals surface area contributed by atoms with Gasteiger partial charge in [0, 0.05) is 42.2 Å². The summed E-state index contributed by atoms with van der Waals surface area (Å²) in [4.78, 5) is 6.36. The second kappa shape index (κ2) is 6.74.